The lowest BCUT2D eigenvalue weighted by atomic mass is 9.89. The Labute approximate surface area is 197 Å². The van der Waals surface area contributed by atoms with Gasteiger partial charge in [0.2, 0.25) is 0 Å². The third-order valence-corrected chi connectivity index (χ3v) is 6.70. The van der Waals surface area contributed by atoms with Crippen LogP contribution < -0.4 is 14.8 Å². The van der Waals surface area contributed by atoms with Crippen LogP contribution in [0.4, 0.5) is 5.00 Å². The van der Waals surface area contributed by atoms with E-state index in [1.54, 1.807) is 38.3 Å². The number of anilines is 1. The third kappa shape index (κ3) is 5.03. The number of carbonyl (C=O) groups is 2. The van der Waals surface area contributed by atoms with Crippen LogP contribution in [-0.2, 0) is 22.4 Å². The highest BCUT2D eigenvalue weighted by Crippen LogP contribution is 2.38. The van der Waals surface area contributed by atoms with Gasteiger partial charge in [-0.3, -0.25) is 4.79 Å². The minimum atomic E-state index is -0.781. The number of benzene rings is 2. The summed E-state index contributed by atoms with van der Waals surface area (Å²) in [5.74, 6) is 0.314. The van der Waals surface area contributed by atoms with Gasteiger partial charge in [0, 0.05) is 17.0 Å². The second-order valence-corrected chi connectivity index (χ2v) is 8.84. The van der Waals surface area contributed by atoms with Gasteiger partial charge < -0.3 is 19.5 Å². The molecule has 0 bridgehead atoms. The Morgan fingerprint density at radius 1 is 1.00 bits per heavy atom. The van der Waals surface area contributed by atoms with E-state index >= 15 is 0 Å². The van der Waals surface area contributed by atoms with Gasteiger partial charge in [-0.1, -0.05) is 24.3 Å². The number of methoxy groups -OCH3 is 2. The second-order valence-electron chi connectivity index (χ2n) is 7.96. The molecule has 0 aliphatic heterocycles. The van der Waals surface area contributed by atoms with E-state index in [4.69, 9.17) is 14.2 Å². The largest absolute Gasteiger partial charge is 0.497 e. The van der Waals surface area contributed by atoms with Crippen LogP contribution in [0.2, 0.25) is 0 Å². The van der Waals surface area contributed by atoms with Gasteiger partial charge in [0.1, 0.15) is 22.1 Å². The zero-order valence-corrected chi connectivity index (χ0v) is 19.8. The Morgan fingerprint density at radius 2 is 1.76 bits per heavy atom. The Morgan fingerprint density at radius 3 is 2.52 bits per heavy atom. The van der Waals surface area contributed by atoms with E-state index in [9.17, 15) is 9.59 Å². The zero-order valence-electron chi connectivity index (χ0n) is 19.0. The summed E-state index contributed by atoms with van der Waals surface area (Å²) >= 11 is 1.30. The van der Waals surface area contributed by atoms with E-state index in [1.165, 1.54) is 42.4 Å². The number of hydrogen-bond acceptors (Lipinski definition) is 6. The molecule has 1 atom stereocenters. The normalized spacial score (nSPS) is 13.5. The van der Waals surface area contributed by atoms with Gasteiger partial charge in [-0.05, 0) is 61.4 Å². The molecule has 4 rings (SSSR count). The first-order chi connectivity index (χ1) is 16.0. The molecule has 0 saturated carbocycles. The van der Waals surface area contributed by atoms with Crippen molar-refractivity contribution < 1.29 is 23.8 Å². The first-order valence-electron chi connectivity index (χ1n) is 10.9. The van der Waals surface area contributed by atoms with Crippen molar-refractivity contribution in [2.45, 2.75) is 38.7 Å². The summed E-state index contributed by atoms with van der Waals surface area (Å²) in [5, 5.41) is 5.18. The summed E-state index contributed by atoms with van der Waals surface area (Å²) in [4.78, 5) is 25.5. The van der Waals surface area contributed by atoms with Crippen molar-refractivity contribution in [2.24, 2.45) is 0 Å². The van der Waals surface area contributed by atoms with Crippen molar-refractivity contribution >= 4 is 28.2 Å². The molecule has 3 aromatic rings. The molecule has 1 aliphatic rings. The quantitative estimate of drug-likeness (QED) is 0.467. The molecular weight excluding hydrogens is 438 g/mol. The van der Waals surface area contributed by atoms with Gasteiger partial charge >= 0.3 is 5.97 Å². The van der Waals surface area contributed by atoms with Crippen molar-refractivity contribution in [3.05, 3.63) is 64.5 Å². The summed E-state index contributed by atoms with van der Waals surface area (Å²) in [5.41, 5.74) is 4.77. The Bertz CT molecular complexity index is 1170. The lowest BCUT2D eigenvalue weighted by Gasteiger charge is -2.17. The highest BCUT2D eigenvalue weighted by atomic mass is 32.1. The fourth-order valence-corrected chi connectivity index (χ4v) is 4.97. The van der Waals surface area contributed by atoms with Crippen LogP contribution in [0.25, 0.3) is 11.1 Å². The van der Waals surface area contributed by atoms with Crippen LogP contribution in [-0.4, -0.2) is 32.2 Å². The monoisotopic (exact) mass is 465 g/mol. The number of thiophene rings is 1. The summed E-state index contributed by atoms with van der Waals surface area (Å²) in [6.07, 6.45) is 3.75. The molecular formula is C26H27NO5S. The van der Waals surface area contributed by atoms with Crippen molar-refractivity contribution in [1.29, 1.82) is 0 Å². The van der Waals surface area contributed by atoms with E-state index in [0.717, 1.165) is 24.0 Å². The van der Waals surface area contributed by atoms with Crippen LogP contribution in [0.15, 0.2) is 47.8 Å². The molecule has 0 saturated heterocycles. The van der Waals surface area contributed by atoms with Crippen molar-refractivity contribution in [2.75, 3.05) is 19.5 Å². The Hall–Kier alpha value is -3.32. The number of nitrogens with one attached hydrogen (secondary N) is 1. The van der Waals surface area contributed by atoms with Gasteiger partial charge in [0.25, 0.3) is 5.91 Å². The topological polar surface area (TPSA) is 73.9 Å². The van der Waals surface area contributed by atoms with E-state index in [-0.39, 0.29) is 5.91 Å². The summed E-state index contributed by atoms with van der Waals surface area (Å²) in [6.45, 7) is 1.66. The number of ether oxygens (including phenoxy) is 3. The molecule has 2 aromatic carbocycles. The molecule has 1 N–H and O–H groups in total. The molecule has 1 amide bonds. The molecule has 33 heavy (non-hydrogen) atoms. The maximum absolute atomic E-state index is 12.9. The minimum absolute atomic E-state index is 0.359. The Kier molecular flexibility index (Phi) is 6.99. The van der Waals surface area contributed by atoms with Crippen LogP contribution in [0.5, 0.6) is 11.5 Å². The maximum Gasteiger partial charge on any atom is 0.341 e. The SMILES string of the molecule is COC(=O)c1c(-c2ccc3c(c2)CCCC3)csc1NC(=O)C(C)Oc1cccc(OC)c1. The smallest absolute Gasteiger partial charge is 0.341 e. The first-order valence-corrected chi connectivity index (χ1v) is 11.8. The van der Waals surface area contributed by atoms with Crippen molar-refractivity contribution in [3.8, 4) is 22.6 Å². The maximum atomic E-state index is 12.9. The van der Waals surface area contributed by atoms with Crippen LogP contribution in [0.3, 0.4) is 0 Å². The highest BCUT2D eigenvalue weighted by molar-refractivity contribution is 7.15. The van der Waals surface area contributed by atoms with Gasteiger partial charge in [-0.15, -0.1) is 11.3 Å². The number of rotatable bonds is 7. The highest BCUT2D eigenvalue weighted by Gasteiger charge is 2.25. The fraction of sp³-hybridized carbons (Fsp3) is 0.308. The fourth-order valence-electron chi connectivity index (χ4n) is 4.01. The zero-order chi connectivity index (χ0) is 23.4. The lowest BCUT2D eigenvalue weighted by molar-refractivity contribution is -0.122. The van der Waals surface area contributed by atoms with Crippen molar-refractivity contribution in [3.63, 3.8) is 0 Å². The van der Waals surface area contributed by atoms with Gasteiger partial charge in [0.05, 0.1) is 14.2 Å². The second kappa shape index (κ2) is 10.1. The van der Waals surface area contributed by atoms with Gasteiger partial charge in [-0.25, -0.2) is 4.79 Å². The molecule has 6 nitrogen and oxygen atoms in total. The number of hydrogen-bond donors (Lipinski definition) is 1. The number of amides is 1. The molecule has 0 fully saturated rings. The van der Waals surface area contributed by atoms with Crippen LogP contribution >= 0.6 is 11.3 Å². The standard InChI is InChI=1S/C26H27NO5S/c1-16(32-21-10-6-9-20(14-21)30-2)24(28)27-25-23(26(29)31-3)22(15-33-25)19-12-11-17-7-4-5-8-18(17)13-19/h6,9-16H,4-5,7-8H2,1-3H3,(H,27,28). The van der Waals surface area contributed by atoms with E-state index in [2.05, 4.69) is 17.4 Å². The van der Waals surface area contributed by atoms with E-state index in [0.29, 0.717) is 22.1 Å². The van der Waals surface area contributed by atoms with Crippen LogP contribution in [0.1, 0.15) is 41.3 Å². The summed E-state index contributed by atoms with van der Waals surface area (Å²) in [7, 11) is 2.91. The third-order valence-electron chi connectivity index (χ3n) is 5.80. The first kappa shape index (κ1) is 22.9. The van der Waals surface area contributed by atoms with Crippen molar-refractivity contribution in [1.82, 2.24) is 0 Å². The number of carbonyl (C=O) groups excluding carboxylic acids is 2. The van der Waals surface area contributed by atoms with Gasteiger partial charge in [0.15, 0.2) is 6.10 Å². The molecule has 1 unspecified atom stereocenters. The Balaban J connectivity index is 1.57. The minimum Gasteiger partial charge on any atom is -0.497 e. The van der Waals surface area contributed by atoms with Gasteiger partial charge in [-0.2, -0.15) is 0 Å². The lowest BCUT2D eigenvalue weighted by Crippen LogP contribution is -2.30. The molecule has 0 spiro atoms. The molecule has 1 aromatic heterocycles. The average Bonchev–Trinajstić information content (AvgIpc) is 3.26. The number of aryl methyl sites for hydroxylation is 2. The molecule has 7 heteroatoms. The van der Waals surface area contributed by atoms with E-state index < -0.39 is 12.1 Å². The summed E-state index contributed by atoms with van der Waals surface area (Å²) < 4.78 is 16.0. The molecule has 1 heterocycles. The predicted octanol–water partition coefficient (Wildman–Crippen LogP) is 5.50. The predicted molar refractivity (Wildman–Crippen MR) is 129 cm³/mol. The van der Waals surface area contributed by atoms with Crippen LogP contribution in [0, 0.1) is 0 Å². The van der Waals surface area contributed by atoms with E-state index in [1.807, 2.05) is 11.4 Å². The molecule has 1 aliphatic carbocycles. The average molecular weight is 466 g/mol. The summed E-state index contributed by atoms with van der Waals surface area (Å²) in [6, 6.07) is 13.4. The molecule has 172 valence electrons. The number of esters is 1. The molecule has 0 radical (unpaired) electrons. The number of fused-ring (bicyclic) bond motifs is 1.